The first-order valence-electron chi connectivity index (χ1n) is 9.07. The third-order valence-electron chi connectivity index (χ3n) is 4.23. The fourth-order valence-corrected chi connectivity index (χ4v) is 3.60. The number of ether oxygens (including phenoxy) is 1. The first-order valence-corrected chi connectivity index (χ1v) is 9.95. The SMILES string of the molecule is O=C(Nc1ccccc1)c1csc(-c2ccc(OCc3cccc(F)c3)cc2F)n1. The summed E-state index contributed by atoms with van der Waals surface area (Å²) in [5.41, 5.74) is 1.79. The molecule has 1 amide bonds. The van der Waals surface area contributed by atoms with Crippen LogP contribution in [0.1, 0.15) is 16.1 Å². The van der Waals surface area contributed by atoms with Gasteiger partial charge in [0.05, 0.1) is 0 Å². The van der Waals surface area contributed by atoms with E-state index < -0.39 is 5.82 Å². The van der Waals surface area contributed by atoms with Gasteiger partial charge in [-0.2, -0.15) is 0 Å². The van der Waals surface area contributed by atoms with E-state index in [1.165, 1.54) is 29.5 Å². The molecule has 1 heterocycles. The lowest BCUT2D eigenvalue weighted by Crippen LogP contribution is -2.12. The molecule has 4 rings (SSSR count). The zero-order valence-electron chi connectivity index (χ0n) is 15.6. The van der Waals surface area contributed by atoms with E-state index in [1.807, 2.05) is 18.2 Å². The van der Waals surface area contributed by atoms with Gasteiger partial charge in [-0.05, 0) is 42.0 Å². The molecule has 30 heavy (non-hydrogen) atoms. The van der Waals surface area contributed by atoms with E-state index in [9.17, 15) is 13.6 Å². The predicted molar refractivity (Wildman–Crippen MR) is 113 cm³/mol. The lowest BCUT2D eigenvalue weighted by molar-refractivity contribution is 0.102. The molecule has 0 spiro atoms. The number of amides is 1. The summed E-state index contributed by atoms with van der Waals surface area (Å²) in [6.45, 7) is 0.123. The molecule has 4 aromatic rings. The van der Waals surface area contributed by atoms with Gasteiger partial charge in [-0.25, -0.2) is 13.8 Å². The number of para-hydroxylation sites is 1. The summed E-state index contributed by atoms with van der Waals surface area (Å²) in [4.78, 5) is 16.6. The van der Waals surface area contributed by atoms with E-state index >= 15 is 0 Å². The van der Waals surface area contributed by atoms with Crippen LogP contribution in [0.3, 0.4) is 0 Å². The maximum absolute atomic E-state index is 14.6. The average Bonchev–Trinajstić information content (AvgIpc) is 3.23. The summed E-state index contributed by atoms with van der Waals surface area (Å²) >= 11 is 1.18. The van der Waals surface area contributed by atoms with Gasteiger partial charge in [0.2, 0.25) is 0 Å². The van der Waals surface area contributed by atoms with E-state index in [0.29, 0.717) is 22.0 Å². The average molecular weight is 422 g/mol. The van der Waals surface area contributed by atoms with E-state index in [0.717, 1.165) is 0 Å². The van der Waals surface area contributed by atoms with Crippen LogP contribution in [0.2, 0.25) is 0 Å². The van der Waals surface area contributed by atoms with Gasteiger partial charge in [0.15, 0.2) is 0 Å². The number of rotatable bonds is 6. The summed E-state index contributed by atoms with van der Waals surface area (Å²) in [6, 6.07) is 19.5. The molecule has 7 heteroatoms. The van der Waals surface area contributed by atoms with Crippen molar-refractivity contribution in [1.29, 1.82) is 0 Å². The highest BCUT2D eigenvalue weighted by Crippen LogP contribution is 2.29. The maximum Gasteiger partial charge on any atom is 0.275 e. The molecule has 0 aliphatic carbocycles. The largest absolute Gasteiger partial charge is 0.489 e. The Bertz CT molecular complexity index is 1180. The summed E-state index contributed by atoms with van der Waals surface area (Å²) in [5, 5.41) is 4.72. The number of aromatic nitrogens is 1. The van der Waals surface area contributed by atoms with Crippen LogP contribution in [0.25, 0.3) is 10.6 Å². The van der Waals surface area contributed by atoms with E-state index in [4.69, 9.17) is 4.74 Å². The van der Waals surface area contributed by atoms with Gasteiger partial charge >= 0.3 is 0 Å². The zero-order valence-corrected chi connectivity index (χ0v) is 16.5. The number of carbonyl (C=O) groups excluding carboxylic acids is 1. The Morgan fingerprint density at radius 2 is 1.83 bits per heavy atom. The molecule has 0 atom stereocenters. The number of halogens is 2. The topological polar surface area (TPSA) is 51.2 Å². The van der Waals surface area contributed by atoms with Crippen LogP contribution in [0.15, 0.2) is 78.2 Å². The molecule has 0 bridgehead atoms. The zero-order chi connectivity index (χ0) is 20.9. The van der Waals surface area contributed by atoms with Gasteiger partial charge in [0.25, 0.3) is 5.91 Å². The number of anilines is 1. The van der Waals surface area contributed by atoms with Crippen LogP contribution in [0.4, 0.5) is 14.5 Å². The summed E-state index contributed by atoms with van der Waals surface area (Å²) in [7, 11) is 0. The number of carbonyl (C=O) groups is 1. The van der Waals surface area contributed by atoms with Gasteiger partial charge in [0, 0.05) is 22.7 Å². The highest BCUT2D eigenvalue weighted by Gasteiger charge is 2.15. The van der Waals surface area contributed by atoms with Crippen molar-refractivity contribution in [2.45, 2.75) is 6.61 Å². The van der Waals surface area contributed by atoms with Crippen molar-refractivity contribution in [2.75, 3.05) is 5.32 Å². The van der Waals surface area contributed by atoms with Crippen LogP contribution in [0, 0.1) is 11.6 Å². The Balaban J connectivity index is 1.45. The molecule has 1 N–H and O–H groups in total. The second-order valence-corrected chi connectivity index (χ2v) is 7.28. The molecule has 0 radical (unpaired) electrons. The molecule has 0 unspecified atom stereocenters. The fraction of sp³-hybridized carbons (Fsp3) is 0.0435. The smallest absolute Gasteiger partial charge is 0.275 e. The first-order chi connectivity index (χ1) is 14.6. The third kappa shape index (κ3) is 4.69. The lowest BCUT2D eigenvalue weighted by Gasteiger charge is -2.08. The summed E-state index contributed by atoms with van der Waals surface area (Å²) < 4.78 is 33.4. The van der Waals surface area contributed by atoms with Crippen LogP contribution >= 0.6 is 11.3 Å². The molecule has 0 saturated heterocycles. The molecule has 0 aliphatic rings. The number of hydrogen-bond acceptors (Lipinski definition) is 4. The normalized spacial score (nSPS) is 10.6. The molecule has 4 nitrogen and oxygen atoms in total. The number of nitrogens with zero attached hydrogens (tertiary/aromatic N) is 1. The lowest BCUT2D eigenvalue weighted by atomic mass is 10.2. The van der Waals surface area contributed by atoms with Crippen LogP contribution in [-0.4, -0.2) is 10.9 Å². The second kappa shape index (κ2) is 8.84. The number of hydrogen-bond donors (Lipinski definition) is 1. The minimum absolute atomic E-state index is 0.123. The Morgan fingerprint density at radius 3 is 2.60 bits per heavy atom. The molecular weight excluding hydrogens is 406 g/mol. The van der Waals surface area contributed by atoms with Crippen molar-refractivity contribution in [1.82, 2.24) is 4.98 Å². The van der Waals surface area contributed by atoms with Gasteiger partial charge in [-0.15, -0.1) is 11.3 Å². The molecule has 0 aliphatic heterocycles. The maximum atomic E-state index is 14.6. The Labute approximate surface area is 175 Å². The van der Waals surface area contributed by atoms with Gasteiger partial charge < -0.3 is 10.1 Å². The molecule has 150 valence electrons. The van der Waals surface area contributed by atoms with Crippen molar-refractivity contribution in [2.24, 2.45) is 0 Å². The Morgan fingerprint density at radius 1 is 1.00 bits per heavy atom. The molecule has 0 saturated carbocycles. The van der Waals surface area contributed by atoms with Crippen molar-refractivity contribution in [3.8, 4) is 16.3 Å². The summed E-state index contributed by atoms with van der Waals surface area (Å²) in [6.07, 6.45) is 0. The van der Waals surface area contributed by atoms with Crippen molar-refractivity contribution in [3.05, 3.63) is 101 Å². The molecule has 3 aromatic carbocycles. The van der Waals surface area contributed by atoms with Crippen molar-refractivity contribution in [3.63, 3.8) is 0 Å². The van der Waals surface area contributed by atoms with Crippen molar-refractivity contribution >= 4 is 22.9 Å². The first kappa shape index (κ1) is 19.7. The molecule has 1 aromatic heterocycles. The van der Waals surface area contributed by atoms with Crippen LogP contribution < -0.4 is 10.1 Å². The Hall–Kier alpha value is -3.58. The quantitative estimate of drug-likeness (QED) is 0.420. The fourth-order valence-electron chi connectivity index (χ4n) is 2.77. The Kier molecular flexibility index (Phi) is 5.81. The molecular formula is C23H16F2N2O2S. The van der Waals surface area contributed by atoms with Crippen molar-refractivity contribution < 1.29 is 18.3 Å². The standard InChI is InChI=1S/C23H16F2N2O2S/c24-16-6-4-5-15(11-16)13-29-18-9-10-19(20(25)12-18)23-27-21(14-30-23)22(28)26-17-7-2-1-3-8-17/h1-12,14H,13H2,(H,26,28). The van der Waals surface area contributed by atoms with E-state index in [-0.39, 0.29) is 29.6 Å². The van der Waals surface area contributed by atoms with E-state index in [2.05, 4.69) is 10.3 Å². The number of nitrogens with one attached hydrogen (secondary N) is 1. The van der Waals surface area contributed by atoms with Gasteiger partial charge in [-0.3, -0.25) is 4.79 Å². The monoisotopic (exact) mass is 422 g/mol. The second-order valence-electron chi connectivity index (χ2n) is 6.42. The van der Waals surface area contributed by atoms with Gasteiger partial charge in [0.1, 0.15) is 34.7 Å². The number of thiazole rings is 1. The third-order valence-corrected chi connectivity index (χ3v) is 5.11. The number of benzene rings is 3. The minimum Gasteiger partial charge on any atom is -0.489 e. The highest BCUT2D eigenvalue weighted by molar-refractivity contribution is 7.13. The molecule has 0 fully saturated rings. The van der Waals surface area contributed by atoms with Crippen LogP contribution in [-0.2, 0) is 6.61 Å². The summed E-state index contributed by atoms with van der Waals surface area (Å²) in [5.74, 6) is -0.914. The minimum atomic E-state index is -0.517. The highest BCUT2D eigenvalue weighted by atomic mass is 32.1. The van der Waals surface area contributed by atoms with Crippen LogP contribution in [0.5, 0.6) is 5.75 Å². The predicted octanol–water partition coefficient (Wildman–Crippen LogP) is 5.92. The van der Waals surface area contributed by atoms with E-state index in [1.54, 1.807) is 41.8 Å². The van der Waals surface area contributed by atoms with Gasteiger partial charge in [-0.1, -0.05) is 30.3 Å².